The lowest BCUT2D eigenvalue weighted by molar-refractivity contribution is 0.996. The first-order valence-corrected chi connectivity index (χ1v) is 6.99. The lowest BCUT2D eigenvalue weighted by Gasteiger charge is -2.14. The van der Waals surface area contributed by atoms with E-state index in [2.05, 4.69) is 6.07 Å². The predicted octanol–water partition coefficient (Wildman–Crippen LogP) is 3.68. The van der Waals surface area contributed by atoms with Gasteiger partial charge in [0.1, 0.15) is 0 Å². The van der Waals surface area contributed by atoms with Crippen molar-refractivity contribution in [3.63, 3.8) is 0 Å². The topological polar surface area (TPSA) is 45.8 Å². The Morgan fingerprint density at radius 3 is 2.45 bits per heavy atom. The molecule has 0 N–H and O–H groups in total. The first-order chi connectivity index (χ1) is 10.7. The summed E-state index contributed by atoms with van der Waals surface area (Å²) in [5.74, 6) is 0. The molecule has 0 saturated carbocycles. The van der Waals surface area contributed by atoms with Gasteiger partial charge >= 0.3 is 0 Å². The zero-order chi connectivity index (χ0) is 15.5. The molecule has 0 saturated heterocycles. The van der Waals surface area contributed by atoms with Gasteiger partial charge in [0.25, 0.3) is 5.56 Å². The number of hydrogen-bond acceptors (Lipinski definition) is 2. The van der Waals surface area contributed by atoms with Crippen LogP contribution in [0, 0.1) is 18.3 Å². The Bertz CT molecular complexity index is 918. The number of hydrogen-bond donors (Lipinski definition) is 0. The molecule has 2 aromatic carbocycles. The molecular weight excluding hydrogens is 272 g/mol. The lowest BCUT2D eigenvalue weighted by atomic mass is 10.1. The number of pyridine rings is 1. The van der Waals surface area contributed by atoms with Crippen LogP contribution >= 0.6 is 0 Å². The number of nitrogens with zero attached hydrogens (tertiary/aromatic N) is 2. The van der Waals surface area contributed by atoms with Gasteiger partial charge in [-0.05, 0) is 42.3 Å². The van der Waals surface area contributed by atoms with Gasteiger partial charge in [0, 0.05) is 6.07 Å². The Balaban J connectivity index is 2.31. The van der Waals surface area contributed by atoms with Gasteiger partial charge in [0.05, 0.1) is 23.0 Å². The molecule has 0 atom stereocenters. The van der Waals surface area contributed by atoms with E-state index in [4.69, 9.17) is 5.26 Å². The van der Waals surface area contributed by atoms with Gasteiger partial charge in [0.2, 0.25) is 0 Å². The van der Waals surface area contributed by atoms with E-state index in [9.17, 15) is 4.79 Å². The second kappa shape index (κ2) is 5.71. The predicted molar refractivity (Wildman–Crippen MR) is 86.9 cm³/mol. The van der Waals surface area contributed by atoms with Crippen molar-refractivity contribution < 1.29 is 0 Å². The van der Waals surface area contributed by atoms with Crippen LogP contribution in [-0.2, 0) is 0 Å². The quantitative estimate of drug-likeness (QED) is 0.721. The summed E-state index contributed by atoms with van der Waals surface area (Å²) in [7, 11) is 0. The summed E-state index contributed by atoms with van der Waals surface area (Å²) in [6.45, 7) is 1.92. The van der Waals surface area contributed by atoms with Gasteiger partial charge in [-0.1, -0.05) is 36.4 Å². The van der Waals surface area contributed by atoms with Crippen molar-refractivity contribution in [2.75, 3.05) is 0 Å². The Morgan fingerprint density at radius 2 is 1.73 bits per heavy atom. The Kier molecular flexibility index (Phi) is 3.59. The van der Waals surface area contributed by atoms with Gasteiger partial charge < -0.3 is 0 Å². The number of aromatic nitrogens is 1. The first-order valence-electron chi connectivity index (χ1n) is 6.99. The second-order valence-corrected chi connectivity index (χ2v) is 5.12. The molecule has 0 aliphatic carbocycles. The third-order valence-corrected chi connectivity index (χ3v) is 3.47. The van der Waals surface area contributed by atoms with E-state index in [0.29, 0.717) is 11.3 Å². The summed E-state index contributed by atoms with van der Waals surface area (Å²) in [4.78, 5) is 12.4. The molecule has 0 aliphatic rings. The van der Waals surface area contributed by atoms with Crippen LogP contribution in [0.15, 0.2) is 71.5 Å². The molecule has 3 aromatic rings. The maximum absolute atomic E-state index is 12.4. The Labute approximate surface area is 128 Å². The third-order valence-electron chi connectivity index (χ3n) is 3.47. The minimum Gasteiger partial charge on any atom is -0.277 e. The number of nitriles is 1. The van der Waals surface area contributed by atoms with Crippen LogP contribution in [0.2, 0.25) is 0 Å². The van der Waals surface area contributed by atoms with Crippen molar-refractivity contribution >= 4 is 0 Å². The summed E-state index contributed by atoms with van der Waals surface area (Å²) >= 11 is 0. The fourth-order valence-electron chi connectivity index (χ4n) is 2.55. The average Bonchev–Trinajstić information content (AvgIpc) is 2.54. The number of rotatable bonds is 2. The summed E-state index contributed by atoms with van der Waals surface area (Å²) in [5.41, 5.74) is 3.85. The van der Waals surface area contributed by atoms with Crippen molar-refractivity contribution in [1.82, 2.24) is 4.57 Å². The normalized spacial score (nSPS) is 10.2. The summed E-state index contributed by atoms with van der Waals surface area (Å²) in [5, 5.41) is 9.15. The zero-order valence-electron chi connectivity index (χ0n) is 12.2. The molecule has 0 amide bonds. The monoisotopic (exact) mass is 286 g/mol. The standard InChI is InChI=1S/C19H14N2O/c1-14-10-15(13-20)12-17(11-14)21-18(8-5-9-19(21)22)16-6-3-2-4-7-16/h2-12H,1H3. The zero-order valence-corrected chi connectivity index (χ0v) is 12.2. The Hall–Kier alpha value is -3.12. The summed E-state index contributed by atoms with van der Waals surface area (Å²) in [6, 6.07) is 22.5. The van der Waals surface area contributed by atoms with Gasteiger partial charge in [0.15, 0.2) is 0 Å². The van der Waals surface area contributed by atoms with E-state index in [1.54, 1.807) is 22.8 Å². The van der Waals surface area contributed by atoms with Crippen molar-refractivity contribution in [3.05, 3.63) is 88.2 Å². The van der Waals surface area contributed by atoms with Gasteiger partial charge in [-0.2, -0.15) is 5.26 Å². The van der Waals surface area contributed by atoms with Gasteiger partial charge in [-0.15, -0.1) is 0 Å². The lowest BCUT2D eigenvalue weighted by Crippen LogP contribution is -2.18. The summed E-state index contributed by atoms with van der Waals surface area (Å²) in [6.07, 6.45) is 0. The second-order valence-electron chi connectivity index (χ2n) is 5.12. The molecule has 3 rings (SSSR count). The number of benzene rings is 2. The van der Waals surface area contributed by atoms with E-state index in [1.807, 2.05) is 49.4 Å². The highest BCUT2D eigenvalue weighted by Crippen LogP contribution is 2.22. The van der Waals surface area contributed by atoms with Crippen LogP contribution in [0.4, 0.5) is 0 Å². The van der Waals surface area contributed by atoms with Crippen molar-refractivity contribution in [2.24, 2.45) is 0 Å². The number of aryl methyl sites for hydroxylation is 1. The molecule has 0 unspecified atom stereocenters. The van der Waals surface area contributed by atoms with Crippen molar-refractivity contribution in [3.8, 4) is 23.0 Å². The van der Waals surface area contributed by atoms with Crippen LogP contribution in [0.25, 0.3) is 16.9 Å². The maximum atomic E-state index is 12.4. The minimum absolute atomic E-state index is 0.115. The molecule has 0 fully saturated rings. The highest BCUT2D eigenvalue weighted by molar-refractivity contribution is 5.63. The molecule has 22 heavy (non-hydrogen) atoms. The molecule has 3 heteroatoms. The molecule has 0 bridgehead atoms. The van der Waals surface area contributed by atoms with Crippen molar-refractivity contribution in [1.29, 1.82) is 5.26 Å². The smallest absolute Gasteiger partial charge is 0.255 e. The molecule has 3 nitrogen and oxygen atoms in total. The van der Waals surface area contributed by atoms with Gasteiger partial charge in [-0.3, -0.25) is 9.36 Å². The summed E-state index contributed by atoms with van der Waals surface area (Å²) < 4.78 is 1.64. The highest BCUT2D eigenvalue weighted by atomic mass is 16.1. The largest absolute Gasteiger partial charge is 0.277 e. The average molecular weight is 286 g/mol. The minimum atomic E-state index is -0.115. The van der Waals surface area contributed by atoms with E-state index >= 15 is 0 Å². The highest BCUT2D eigenvalue weighted by Gasteiger charge is 2.09. The maximum Gasteiger partial charge on any atom is 0.255 e. The molecular formula is C19H14N2O. The van der Waals surface area contributed by atoms with Crippen LogP contribution in [0.5, 0.6) is 0 Å². The third kappa shape index (κ3) is 2.55. The molecule has 0 radical (unpaired) electrons. The van der Waals surface area contributed by atoms with E-state index in [0.717, 1.165) is 16.8 Å². The molecule has 1 aromatic heterocycles. The molecule has 0 aliphatic heterocycles. The fraction of sp³-hybridized carbons (Fsp3) is 0.0526. The molecule has 0 spiro atoms. The molecule has 1 heterocycles. The van der Waals surface area contributed by atoms with Crippen LogP contribution < -0.4 is 5.56 Å². The van der Waals surface area contributed by atoms with Crippen LogP contribution in [0.3, 0.4) is 0 Å². The molecule has 106 valence electrons. The first kappa shape index (κ1) is 13.8. The fourth-order valence-corrected chi connectivity index (χ4v) is 2.55. The van der Waals surface area contributed by atoms with Crippen molar-refractivity contribution in [2.45, 2.75) is 6.92 Å². The van der Waals surface area contributed by atoms with E-state index in [1.165, 1.54) is 6.07 Å². The van der Waals surface area contributed by atoms with E-state index < -0.39 is 0 Å². The van der Waals surface area contributed by atoms with Gasteiger partial charge in [-0.25, -0.2) is 0 Å². The Morgan fingerprint density at radius 1 is 0.955 bits per heavy atom. The van der Waals surface area contributed by atoms with Crippen LogP contribution in [-0.4, -0.2) is 4.57 Å². The van der Waals surface area contributed by atoms with E-state index in [-0.39, 0.29) is 5.56 Å². The van der Waals surface area contributed by atoms with Crippen LogP contribution in [0.1, 0.15) is 11.1 Å². The SMILES string of the molecule is Cc1cc(C#N)cc(-n2c(-c3ccccc3)cccc2=O)c1.